The van der Waals surface area contributed by atoms with Gasteiger partial charge < -0.3 is 5.11 Å². The van der Waals surface area contributed by atoms with E-state index in [-0.39, 0.29) is 12.0 Å². The van der Waals surface area contributed by atoms with Crippen molar-refractivity contribution >= 4 is 17.3 Å². The van der Waals surface area contributed by atoms with Gasteiger partial charge in [-0.3, -0.25) is 9.69 Å². The highest BCUT2D eigenvalue weighted by Crippen LogP contribution is 2.23. The Morgan fingerprint density at radius 3 is 2.73 bits per heavy atom. The number of hydrogen-bond acceptors (Lipinski definition) is 3. The topological polar surface area (TPSA) is 40.5 Å². The lowest BCUT2D eigenvalue weighted by Crippen LogP contribution is -2.30. The van der Waals surface area contributed by atoms with E-state index in [1.165, 1.54) is 4.88 Å². The third-order valence-corrected chi connectivity index (χ3v) is 3.64. The average Bonchev–Trinajstić information content (AvgIpc) is 2.68. The Kier molecular flexibility index (Phi) is 4.29. The van der Waals surface area contributed by atoms with E-state index >= 15 is 0 Å². The van der Waals surface area contributed by atoms with Crippen molar-refractivity contribution in [2.45, 2.75) is 19.9 Å². The molecule has 0 amide bonds. The first-order chi connectivity index (χ1) is 7.02. The molecule has 0 radical (unpaired) electrons. The Hall–Kier alpha value is -0.870. The van der Waals surface area contributed by atoms with Crippen LogP contribution in [0.5, 0.6) is 0 Å². The molecule has 0 aliphatic heterocycles. The first-order valence-corrected chi connectivity index (χ1v) is 5.86. The number of hydrogen-bond donors (Lipinski definition) is 1. The molecule has 1 heterocycles. The standard InChI is InChI=1S/C11H17NO2S/c1-8(11(13)14)7-12(3)9(2)10-5-4-6-15-10/h4-6,8-9H,7H2,1-3H3,(H,13,14). The molecule has 0 aliphatic rings. The van der Waals surface area contributed by atoms with E-state index in [9.17, 15) is 4.79 Å². The molecule has 0 bridgehead atoms. The molecule has 15 heavy (non-hydrogen) atoms. The summed E-state index contributed by atoms with van der Waals surface area (Å²) >= 11 is 1.71. The van der Waals surface area contributed by atoms with Gasteiger partial charge in [0, 0.05) is 17.5 Å². The second kappa shape index (κ2) is 5.28. The molecule has 4 heteroatoms. The molecule has 0 aliphatic carbocycles. The van der Waals surface area contributed by atoms with Crippen LogP contribution in [0.3, 0.4) is 0 Å². The smallest absolute Gasteiger partial charge is 0.307 e. The Bertz CT molecular complexity index is 310. The highest BCUT2D eigenvalue weighted by molar-refractivity contribution is 7.10. The van der Waals surface area contributed by atoms with Crippen LogP contribution in [0, 0.1) is 5.92 Å². The summed E-state index contributed by atoms with van der Waals surface area (Å²) in [4.78, 5) is 14.1. The summed E-state index contributed by atoms with van der Waals surface area (Å²) in [6.07, 6.45) is 0. The maximum Gasteiger partial charge on any atom is 0.307 e. The Morgan fingerprint density at radius 2 is 2.27 bits per heavy atom. The SMILES string of the molecule is CC(CN(C)C(C)c1cccs1)C(=O)O. The van der Waals surface area contributed by atoms with Crippen LogP contribution in [0.2, 0.25) is 0 Å². The Morgan fingerprint density at radius 1 is 1.60 bits per heavy atom. The van der Waals surface area contributed by atoms with Gasteiger partial charge in [-0.25, -0.2) is 0 Å². The van der Waals surface area contributed by atoms with E-state index in [0.29, 0.717) is 6.54 Å². The maximum atomic E-state index is 10.7. The number of nitrogens with zero attached hydrogens (tertiary/aromatic N) is 1. The monoisotopic (exact) mass is 227 g/mol. The number of thiophene rings is 1. The third-order valence-electron chi connectivity index (χ3n) is 2.60. The van der Waals surface area contributed by atoms with Crippen LogP contribution in [0.15, 0.2) is 17.5 Å². The normalized spacial score (nSPS) is 15.2. The van der Waals surface area contributed by atoms with E-state index in [1.54, 1.807) is 18.3 Å². The zero-order chi connectivity index (χ0) is 11.4. The average molecular weight is 227 g/mol. The number of aliphatic carboxylic acids is 1. The van der Waals surface area contributed by atoms with Gasteiger partial charge in [-0.1, -0.05) is 13.0 Å². The largest absolute Gasteiger partial charge is 0.481 e. The summed E-state index contributed by atoms with van der Waals surface area (Å²) in [6.45, 7) is 4.41. The molecule has 0 spiro atoms. The molecular weight excluding hydrogens is 210 g/mol. The van der Waals surface area contributed by atoms with Crippen LogP contribution >= 0.6 is 11.3 Å². The van der Waals surface area contributed by atoms with Crippen molar-refractivity contribution in [3.63, 3.8) is 0 Å². The van der Waals surface area contributed by atoms with Crippen molar-refractivity contribution < 1.29 is 9.90 Å². The molecule has 1 aromatic rings. The maximum absolute atomic E-state index is 10.7. The van der Waals surface area contributed by atoms with Gasteiger partial charge in [0.2, 0.25) is 0 Å². The lowest BCUT2D eigenvalue weighted by atomic mass is 10.1. The summed E-state index contributed by atoms with van der Waals surface area (Å²) in [6, 6.07) is 4.38. The van der Waals surface area contributed by atoms with Crippen molar-refractivity contribution in [1.82, 2.24) is 4.90 Å². The van der Waals surface area contributed by atoms with Crippen LogP contribution in [0.4, 0.5) is 0 Å². The fraction of sp³-hybridized carbons (Fsp3) is 0.545. The van der Waals surface area contributed by atoms with E-state index < -0.39 is 5.97 Å². The van der Waals surface area contributed by atoms with Crippen molar-refractivity contribution in [2.24, 2.45) is 5.92 Å². The molecule has 0 aromatic carbocycles. The second-order valence-corrected chi connectivity index (χ2v) is 4.85. The van der Waals surface area contributed by atoms with Gasteiger partial charge in [0.25, 0.3) is 0 Å². The third kappa shape index (κ3) is 3.32. The summed E-state index contributed by atoms with van der Waals surface area (Å²) < 4.78 is 0. The first kappa shape index (κ1) is 12.2. The van der Waals surface area contributed by atoms with Gasteiger partial charge >= 0.3 is 5.97 Å². The van der Waals surface area contributed by atoms with E-state index in [2.05, 4.69) is 17.9 Å². The predicted octanol–water partition coefficient (Wildman–Crippen LogP) is 2.46. The molecule has 1 rings (SSSR count). The predicted molar refractivity (Wildman–Crippen MR) is 62.2 cm³/mol. The lowest BCUT2D eigenvalue weighted by molar-refractivity contribution is -0.141. The van der Waals surface area contributed by atoms with Crippen molar-refractivity contribution in [2.75, 3.05) is 13.6 Å². The zero-order valence-corrected chi connectivity index (χ0v) is 10.1. The Balaban J connectivity index is 2.54. The number of carbonyl (C=O) groups is 1. The van der Waals surface area contributed by atoms with Crippen molar-refractivity contribution in [3.8, 4) is 0 Å². The fourth-order valence-electron chi connectivity index (χ4n) is 1.41. The van der Waals surface area contributed by atoms with Gasteiger partial charge in [0.05, 0.1) is 5.92 Å². The Labute approximate surface area is 94.3 Å². The van der Waals surface area contributed by atoms with Gasteiger partial charge in [0.1, 0.15) is 0 Å². The fourth-order valence-corrected chi connectivity index (χ4v) is 2.26. The first-order valence-electron chi connectivity index (χ1n) is 4.98. The number of carboxylic acid groups (broad SMARTS) is 1. The summed E-state index contributed by atoms with van der Waals surface area (Å²) in [5.74, 6) is -1.06. The van der Waals surface area contributed by atoms with Gasteiger partial charge in [-0.15, -0.1) is 11.3 Å². The van der Waals surface area contributed by atoms with Gasteiger partial charge in [-0.2, -0.15) is 0 Å². The molecule has 0 saturated carbocycles. The van der Waals surface area contributed by atoms with Crippen molar-refractivity contribution in [3.05, 3.63) is 22.4 Å². The molecule has 0 fully saturated rings. The van der Waals surface area contributed by atoms with Crippen molar-refractivity contribution in [1.29, 1.82) is 0 Å². The van der Waals surface area contributed by atoms with E-state index in [1.807, 2.05) is 18.5 Å². The van der Waals surface area contributed by atoms with Crippen LogP contribution in [0.25, 0.3) is 0 Å². The van der Waals surface area contributed by atoms with Crippen LogP contribution < -0.4 is 0 Å². The summed E-state index contributed by atoms with van der Waals surface area (Å²) in [5.41, 5.74) is 0. The quantitative estimate of drug-likeness (QED) is 0.840. The molecule has 84 valence electrons. The van der Waals surface area contributed by atoms with Gasteiger partial charge in [0.15, 0.2) is 0 Å². The van der Waals surface area contributed by atoms with E-state index in [4.69, 9.17) is 5.11 Å². The molecule has 0 saturated heterocycles. The summed E-state index contributed by atoms with van der Waals surface area (Å²) in [5, 5.41) is 10.9. The van der Waals surface area contributed by atoms with Gasteiger partial charge in [-0.05, 0) is 25.4 Å². The molecule has 3 nitrogen and oxygen atoms in total. The molecule has 1 aromatic heterocycles. The summed E-state index contributed by atoms with van der Waals surface area (Å²) in [7, 11) is 1.96. The molecule has 2 atom stereocenters. The molecular formula is C11H17NO2S. The van der Waals surface area contributed by atoms with Crippen LogP contribution in [-0.4, -0.2) is 29.6 Å². The molecule has 1 N–H and O–H groups in total. The number of rotatable bonds is 5. The minimum Gasteiger partial charge on any atom is -0.481 e. The lowest BCUT2D eigenvalue weighted by Gasteiger charge is -2.25. The second-order valence-electron chi connectivity index (χ2n) is 3.87. The van der Waals surface area contributed by atoms with Crippen LogP contribution in [0.1, 0.15) is 24.8 Å². The van der Waals surface area contributed by atoms with Crippen LogP contribution in [-0.2, 0) is 4.79 Å². The molecule has 2 unspecified atom stereocenters. The minimum absolute atomic E-state index is 0.284. The zero-order valence-electron chi connectivity index (χ0n) is 9.30. The minimum atomic E-state index is -0.736. The highest BCUT2D eigenvalue weighted by Gasteiger charge is 2.18. The highest BCUT2D eigenvalue weighted by atomic mass is 32.1. The number of carboxylic acids is 1. The van der Waals surface area contributed by atoms with E-state index in [0.717, 1.165) is 0 Å².